The van der Waals surface area contributed by atoms with Crippen molar-refractivity contribution in [1.29, 1.82) is 0 Å². The summed E-state index contributed by atoms with van der Waals surface area (Å²) in [5.74, 6) is 2.13. The van der Waals surface area contributed by atoms with E-state index < -0.39 is 0 Å². The number of nitrogens with one attached hydrogen (secondary N) is 1. The molecule has 0 unspecified atom stereocenters. The fourth-order valence-electron chi connectivity index (χ4n) is 1.37. The first kappa shape index (κ1) is 7.17. The van der Waals surface area contributed by atoms with Crippen LogP contribution in [-0.4, -0.2) is 9.97 Å². The third-order valence-corrected chi connectivity index (χ3v) is 2.57. The Hall–Kier alpha value is -0.500. The van der Waals surface area contributed by atoms with Gasteiger partial charge in [0.25, 0.3) is 0 Å². The first-order valence-electron chi connectivity index (χ1n) is 4.00. The maximum absolute atomic E-state index is 5.61. The molecule has 1 fully saturated rings. The summed E-state index contributed by atoms with van der Waals surface area (Å²) in [4.78, 5) is 7.37. The molecular formula is C8H11ClN2. The number of hydrogen-bond donors (Lipinski definition) is 1. The van der Waals surface area contributed by atoms with Crippen molar-refractivity contribution in [1.82, 2.24) is 9.97 Å². The second-order valence-corrected chi connectivity index (χ2v) is 3.31. The van der Waals surface area contributed by atoms with E-state index in [0.29, 0.717) is 5.88 Å². The highest BCUT2D eigenvalue weighted by molar-refractivity contribution is 6.16. The van der Waals surface area contributed by atoms with Crippen LogP contribution in [0, 0.1) is 0 Å². The molecule has 1 N–H and O–H groups in total. The highest BCUT2D eigenvalue weighted by Gasteiger charge is 2.20. The molecule has 1 heterocycles. The molecule has 11 heavy (non-hydrogen) atoms. The molecule has 2 rings (SSSR count). The highest BCUT2D eigenvalue weighted by Crippen LogP contribution is 2.35. The number of halogens is 1. The number of nitrogens with zero attached hydrogens (tertiary/aromatic N) is 1. The lowest BCUT2D eigenvalue weighted by atomic mass is 9.83. The van der Waals surface area contributed by atoms with Crippen molar-refractivity contribution in [3.8, 4) is 0 Å². The van der Waals surface area contributed by atoms with Gasteiger partial charge >= 0.3 is 0 Å². The predicted molar refractivity (Wildman–Crippen MR) is 44.7 cm³/mol. The van der Waals surface area contributed by atoms with Crippen molar-refractivity contribution in [3.63, 3.8) is 0 Å². The van der Waals surface area contributed by atoms with Crippen LogP contribution in [0.5, 0.6) is 0 Å². The minimum absolute atomic E-state index is 0.493. The molecule has 0 aromatic carbocycles. The average molecular weight is 171 g/mol. The molecule has 0 spiro atoms. The fourth-order valence-corrected chi connectivity index (χ4v) is 1.51. The van der Waals surface area contributed by atoms with Crippen LogP contribution in [0.1, 0.15) is 36.7 Å². The number of rotatable bonds is 2. The first-order valence-corrected chi connectivity index (χ1v) is 4.53. The third kappa shape index (κ3) is 1.27. The smallest absolute Gasteiger partial charge is 0.121 e. The quantitative estimate of drug-likeness (QED) is 0.679. The molecule has 1 aromatic rings. The summed E-state index contributed by atoms with van der Waals surface area (Å²) in [6.07, 6.45) is 5.90. The first-order chi connectivity index (χ1) is 5.40. The van der Waals surface area contributed by atoms with E-state index in [1.54, 1.807) is 0 Å². The summed E-state index contributed by atoms with van der Waals surface area (Å²) in [6, 6.07) is 0. The van der Waals surface area contributed by atoms with Crippen molar-refractivity contribution >= 4 is 11.6 Å². The standard InChI is InChI=1S/C8H11ClN2/c9-4-8-10-5-7(11-8)6-2-1-3-6/h5-6H,1-4H2,(H,10,11). The molecule has 1 aromatic heterocycles. The molecular weight excluding hydrogens is 160 g/mol. The molecule has 60 valence electrons. The predicted octanol–water partition coefficient (Wildman–Crippen LogP) is 2.42. The summed E-state index contributed by atoms with van der Waals surface area (Å²) in [5, 5.41) is 0. The van der Waals surface area contributed by atoms with Crippen LogP contribution >= 0.6 is 11.6 Å². The van der Waals surface area contributed by atoms with Crippen LogP contribution in [0.25, 0.3) is 0 Å². The minimum atomic E-state index is 0.493. The summed E-state index contributed by atoms with van der Waals surface area (Å²) in [7, 11) is 0. The molecule has 0 radical (unpaired) electrons. The Labute approximate surface area is 71.0 Å². The Morgan fingerprint density at radius 2 is 2.45 bits per heavy atom. The van der Waals surface area contributed by atoms with Gasteiger partial charge in [0.15, 0.2) is 0 Å². The van der Waals surface area contributed by atoms with Gasteiger partial charge < -0.3 is 4.98 Å². The van der Waals surface area contributed by atoms with Gasteiger partial charge in [-0.05, 0) is 12.8 Å². The summed E-state index contributed by atoms with van der Waals surface area (Å²) in [5.41, 5.74) is 1.27. The van der Waals surface area contributed by atoms with Gasteiger partial charge in [-0.25, -0.2) is 4.98 Å². The van der Waals surface area contributed by atoms with Gasteiger partial charge in [-0.1, -0.05) is 6.42 Å². The summed E-state index contributed by atoms with van der Waals surface area (Å²) < 4.78 is 0. The van der Waals surface area contributed by atoms with E-state index in [2.05, 4.69) is 9.97 Å². The van der Waals surface area contributed by atoms with Gasteiger partial charge in [0, 0.05) is 17.8 Å². The highest BCUT2D eigenvalue weighted by atomic mass is 35.5. The van der Waals surface area contributed by atoms with E-state index in [4.69, 9.17) is 11.6 Å². The van der Waals surface area contributed by atoms with Gasteiger partial charge in [-0.15, -0.1) is 11.6 Å². The molecule has 1 aliphatic rings. The zero-order valence-electron chi connectivity index (χ0n) is 6.31. The van der Waals surface area contributed by atoms with E-state index in [9.17, 15) is 0 Å². The van der Waals surface area contributed by atoms with Crippen molar-refractivity contribution < 1.29 is 0 Å². The normalized spacial score (nSPS) is 18.3. The van der Waals surface area contributed by atoms with E-state index in [1.165, 1.54) is 25.0 Å². The molecule has 1 aliphatic carbocycles. The lowest BCUT2D eigenvalue weighted by molar-refractivity contribution is 0.412. The fraction of sp³-hybridized carbons (Fsp3) is 0.625. The molecule has 0 saturated heterocycles. The Kier molecular flexibility index (Phi) is 1.86. The Morgan fingerprint density at radius 1 is 1.64 bits per heavy atom. The molecule has 1 saturated carbocycles. The van der Waals surface area contributed by atoms with Gasteiger partial charge in [0.1, 0.15) is 5.82 Å². The number of H-pyrrole nitrogens is 1. The topological polar surface area (TPSA) is 28.7 Å². The van der Waals surface area contributed by atoms with Crippen LogP contribution < -0.4 is 0 Å². The van der Waals surface area contributed by atoms with Gasteiger partial charge in [0.2, 0.25) is 0 Å². The number of hydrogen-bond acceptors (Lipinski definition) is 1. The summed E-state index contributed by atoms with van der Waals surface area (Å²) >= 11 is 5.61. The SMILES string of the molecule is ClCc1ncc(C2CCC2)[nH]1. The molecule has 0 aliphatic heterocycles. The van der Waals surface area contributed by atoms with E-state index in [-0.39, 0.29) is 0 Å². The molecule has 0 bridgehead atoms. The average Bonchev–Trinajstić information content (AvgIpc) is 2.32. The van der Waals surface area contributed by atoms with Crippen molar-refractivity contribution in [2.75, 3.05) is 0 Å². The molecule has 2 nitrogen and oxygen atoms in total. The Morgan fingerprint density at radius 3 is 2.91 bits per heavy atom. The van der Waals surface area contributed by atoms with Crippen LogP contribution in [-0.2, 0) is 5.88 Å². The Balaban J connectivity index is 2.11. The van der Waals surface area contributed by atoms with Crippen molar-refractivity contribution in [3.05, 3.63) is 17.7 Å². The molecule has 3 heteroatoms. The van der Waals surface area contributed by atoms with E-state index >= 15 is 0 Å². The second-order valence-electron chi connectivity index (χ2n) is 3.05. The number of imidazole rings is 1. The van der Waals surface area contributed by atoms with Gasteiger partial charge in [-0.3, -0.25) is 0 Å². The zero-order valence-corrected chi connectivity index (χ0v) is 7.06. The lowest BCUT2D eigenvalue weighted by Gasteiger charge is -2.23. The summed E-state index contributed by atoms with van der Waals surface area (Å²) in [6.45, 7) is 0. The van der Waals surface area contributed by atoms with Gasteiger partial charge in [-0.2, -0.15) is 0 Å². The maximum Gasteiger partial charge on any atom is 0.121 e. The van der Waals surface area contributed by atoms with Crippen LogP contribution in [0.15, 0.2) is 6.20 Å². The number of alkyl halides is 1. The number of aromatic amines is 1. The second kappa shape index (κ2) is 2.86. The van der Waals surface area contributed by atoms with Crippen LogP contribution in [0.2, 0.25) is 0 Å². The van der Waals surface area contributed by atoms with E-state index in [0.717, 1.165) is 11.7 Å². The van der Waals surface area contributed by atoms with E-state index in [1.807, 2.05) is 6.20 Å². The van der Waals surface area contributed by atoms with Gasteiger partial charge in [0.05, 0.1) is 5.88 Å². The van der Waals surface area contributed by atoms with Crippen molar-refractivity contribution in [2.45, 2.75) is 31.1 Å². The van der Waals surface area contributed by atoms with Crippen LogP contribution in [0.4, 0.5) is 0 Å². The third-order valence-electron chi connectivity index (χ3n) is 2.32. The largest absolute Gasteiger partial charge is 0.345 e. The minimum Gasteiger partial charge on any atom is -0.345 e. The molecule has 0 amide bonds. The van der Waals surface area contributed by atoms with Crippen LogP contribution in [0.3, 0.4) is 0 Å². The monoisotopic (exact) mass is 170 g/mol. The van der Waals surface area contributed by atoms with Crippen molar-refractivity contribution in [2.24, 2.45) is 0 Å². The zero-order chi connectivity index (χ0) is 7.68. The molecule has 0 atom stereocenters. The maximum atomic E-state index is 5.61. The Bertz CT molecular complexity index is 240. The lowest BCUT2D eigenvalue weighted by Crippen LogP contribution is -2.08. The number of aromatic nitrogens is 2.